The van der Waals surface area contributed by atoms with Crippen molar-refractivity contribution in [3.8, 4) is 0 Å². The lowest BCUT2D eigenvalue weighted by atomic mass is 10.1. The normalized spacial score (nSPS) is 16.2. The van der Waals surface area contributed by atoms with Crippen LogP contribution < -0.4 is 4.31 Å². The van der Waals surface area contributed by atoms with Gasteiger partial charge in [0, 0.05) is 12.5 Å². The molecule has 0 unspecified atom stereocenters. The molecule has 0 saturated carbocycles. The second-order valence-electron chi connectivity index (χ2n) is 7.95. The van der Waals surface area contributed by atoms with E-state index in [2.05, 4.69) is 0 Å². The zero-order chi connectivity index (χ0) is 27.2. The van der Waals surface area contributed by atoms with Gasteiger partial charge in [0.2, 0.25) is 6.10 Å². The fourth-order valence-corrected chi connectivity index (χ4v) is 6.02. The van der Waals surface area contributed by atoms with Crippen molar-refractivity contribution >= 4 is 45.3 Å². The van der Waals surface area contributed by atoms with E-state index in [1.165, 1.54) is 18.2 Å². The second kappa shape index (κ2) is 12.2. The van der Waals surface area contributed by atoms with Crippen molar-refractivity contribution in [1.82, 2.24) is 0 Å². The third kappa shape index (κ3) is 6.66. The molecular weight excluding hydrogens is 529 g/mol. The van der Waals surface area contributed by atoms with Crippen LogP contribution in [0.5, 0.6) is 0 Å². The van der Waals surface area contributed by atoms with Crippen molar-refractivity contribution in [3.63, 3.8) is 0 Å². The Morgan fingerprint density at radius 2 is 1.86 bits per heavy atom. The maximum atomic E-state index is 14.1. The highest BCUT2D eigenvalue weighted by Crippen LogP contribution is 2.37. The summed E-state index contributed by atoms with van der Waals surface area (Å²) < 4.78 is 57.6. The fourth-order valence-electron chi connectivity index (χ4n) is 3.78. The second-order valence-corrected chi connectivity index (χ2v) is 10.3. The first kappa shape index (κ1) is 28.1. The number of hydrogen-bond donors (Lipinski definition) is 0. The number of allylic oxidation sites excluding steroid dienone is 1. The van der Waals surface area contributed by atoms with E-state index in [9.17, 15) is 27.2 Å². The Morgan fingerprint density at radius 3 is 2.49 bits per heavy atom. The standard InChI is InChI=1S/C25H25ClFNO8S/c1-3-34-25(31)36-21-11-7-8-12-22(21)37(32,33)28(20-14-13-18(27)15-19(20)26)24(30)23(35-16(2)29)17-9-5-4-6-10-17/h4-6,9-11,13-15,22-23H,3,7-8,12H2,1-2H3/t22-,23+/m0/s1. The highest BCUT2D eigenvalue weighted by atomic mass is 35.5. The van der Waals surface area contributed by atoms with Crippen LogP contribution in [0.3, 0.4) is 0 Å². The minimum absolute atomic E-state index is 0.000263. The number of esters is 1. The maximum absolute atomic E-state index is 14.1. The number of nitrogens with zero attached hydrogens (tertiary/aromatic N) is 1. The molecular formula is C25H25ClFNO8S. The van der Waals surface area contributed by atoms with Crippen LogP contribution in [0.4, 0.5) is 14.9 Å². The van der Waals surface area contributed by atoms with Gasteiger partial charge >= 0.3 is 12.1 Å². The molecule has 2 aromatic carbocycles. The van der Waals surface area contributed by atoms with Crippen molar-refractivity contribution in [3.05, 3.63) is 76.8 Å². The quantitative estimate of drug-likeness (QED) is 0.417. The van der Waals surface area contributed by atoms with Crippen LogP contribution in [0.1, 0.15) is 44.8 Å². The molecule has 0 aromatic heterocycles. The largest absolute Gasteiger partial charge is 0.513 e. The van der Waals surface area contributed by atoms with Gasteiger partial charge in [-0.2, -0.15) is 0 Å². The molecule has 0 bridgehead atoms. The van der Waals surface area contributed by atoms with Gasteiger partial charge in [0.1, 0.15) is 16.8 Å². The number of ether oxygens (including phenoxy) is 3. The highest BCUT2D eigenvalue weighted by Gasteiger charge is 2.45. The summed E-state index contributed by atoms with van der Waals surface area (Å²) in [6, 6.07) is 10.6. The zero-order valence-corrected chi connectivity index (χ0v) is 21.6. The van der Waals surface area contributed by atoms with Crippen LogP contribution in [0.2, 0.25) is 5.02 Å². The number of carbonyl (C=O) groups is 3. The predicted octanol–water partition coefficient (Wildman–Crippen LogP) is 5.06. The van der Waals surface area contributed by atoms with Gasteiger partial charge in [-0.05, 0) is 50.5 Å². The summed E-state index contributed by atoms with van der Waals surface area (Å²) in [5.41, 5.74) is -0.162. The third-order valence-corrected chi connectivity index (χ3v) is 7.73. The van der Waals surface area contributed by atoms with Gasteiger partial charge in [-0.3, -0.25) is 9.59 Å². The first-order valence-corrected chi connectivity index (χ1v) is 13.2. The summed E-state index contributed by atoms with van der Waals surface area (Å²) in [7, 11) is -4.73. The monoisotopic (exact) mass is 553 g/mol. The Labute approximate surface area is 218 Å². The molecule has 0 saturated heterocycles. The Kier molecular flexibility index (Phi) is 9.28. The third-order valence-electron chi connectivity index (χ3n) is 5.35. The molecule has 1 aliphatic carbocycles. The Hall–Kier alpha value is -3.44. The van der Waals surface area contributed by atoms with Gasteiger partial charge in [-0.1, -0.05) is 41.9 Å². The van der Waals surface area contributed by atoms with E-state index in [1.807, 2.05) is 0 Å². The lowest BCUT2D eigenvalue weighted by Gasteiger charge is -2.32. The van der Waals surface area contributed by atoms with Crippen molar-refractivity contribution < 1.29 is 41.4 Å². The molecule has 2 atom stereocenters. The number of amides is 1. The van der Waals surface area contributed by atoms with E-state index >= 15 is 0 Å². The first-order chi connectivity index (χ1) is 17.6. The molecule has 0 radical (unpaired) electrons. The molecule has 198 valence electrons. The highest BCUT2D eigenvalue weighted by molar-refractivity contribution is 7.94. The fraction of sp³-hybridized carbons (Fsp3) is 0.320. The van der Waals surface area contributed by atoms with E-state index in [0.29, 0.717) is 17.1 Å². The molecule has 1 aliphatic rings. The van der Waals surface area contributed by atoms with Gasteiger partial charge in [0.05, 0.1) is 17.3 Å². The number of benzene rings is 2. The zero-order valence-electron chi connectivity index (χ0n) is 20.1. The molecule has 0 N–H and O–H groups in total. The van der Waals surface area contributed by atoms with Crippen molar-refractivity contribution in [2.24, 2.45) is 0 Å². The van der Waals surface area contributed by atoms with Gasteiger partial charge in [0.15, 0.2) is 0 Å². The number of anilines is 1. The van der Waals surface area contributed by atoms with Gasteiger partial charge < -0.3 is 14.2 Å². The Morgan fingerprint density at radius 1 is 1.16 bits per heavy atom. The number of carbonyl (C=O) groups excluding carboxylic acids is 3. The lowest BCUT2D eigenvalue weighted by Crippen LogP contribution is -2.47. The summed E-state index contributed by atoms with van der Waals surface area (Å²) in [6.07, 6.45) is -0.512. The minimum atomic E-state index is -4.73. The van der Waals surface area contributed by atoms with E-state index < -0.39 is 45.2 Å². The molecule has 12 heteroatoms. The SMILES string of the molecule is CCOC(=O)OC1=CCCC[C@@H]1S(=O)(=O)N(C(=O)[C@H](OC(C)=O)c1ccccc1)c1ccc(F)cc1Cl. The van der Waals surface area contributed by atoms with E-state index in [0.717, 1.165) is 25.1 Å². The summed E-state index contributed by atoms with van der Waals surface area (Å²) in [5.74, 6) is -2.99. The average molecular weight is 554 g/mol. The van der Waals surface area contributed by atoms with Crippen molar-refractivity contribution in [2.75, 3.05) is 10.9 Å². The molecule has 0 aliphatic heterocycles. The first-order valence-electron chi connectivity index (χ1n) is 11.4. The molecule has 9 nitrogen and oxygen atoms in total. The number of rotatable bonds is 8. The van der Waals surface area contributed by atoms with Crippen LogP contribution in [0.15, 0.2) is 60.4 Å². The molecule has 0 heterocycles. The van der Waals surface area contributed by atoms with Gasteiger partial charge in [-0.25, -0.2) is 21.9 Å². The minimum Gasteiger partial charge on any atom is -0.447 e. The van der Waals surface area contributed by atoms with Crippen LogP contribution in [-0.4, -0.2) is 38.3 Å². The topological polar surface area (TPSA) is 116 Å². The predicted molar refractivity (Wildman–Crippen MR) is 133 cm³/mol. The summed E-state index contributed by atoms with van der Waals surface area (Å²) >= 11 is 6.21. The maximum Gasteiger partial charge on any atom is 0.513 e. The lowest BCUT2D eigenvalue weighted by molar-refractivity contribution is -0.153. The van der Waals surface area contributed by atoms with Crippen LogP contribution in [-0.2, 0) is 33.8 Å². The molecule has 1 amide bonds. The van der Waals surface area contributed by atoms with Crippen LogP contribution in [0, 0.1) is 5.82 Å². The summed E-state index contributed by atoms with van der Waals surface area (Å²) in [6.45, 7) is 2.63. The van der Waals surface area contributed by atoms with E-state index in [-0.39, 0.29) is 35.1 Å². The molecule has 0 spiro atoms. The number of sulfonamides is 1. The molecule has 0 fully saturated rings. The molecule has 2 aromatic rings. The van der Waals surface area contributed by atoms with E-state index in [1.54, 1.807) is 25.1 Å². The summed E-state index contributed by atoms with van der Waals surface area (Å²) in [4.78, 5) is 37.8. The van der Waals surface area contributed by atoms with Crippen LogP contribution >= 0.6 is 11.6 Å². The van der Waals surface area contributed by atoms with E-state index in [4.69, 9.17) is 25.8 Å². The van der Waals surface area contributed by atoms with Crippen LogP contribution in [0.25, 0.3) is 0 Å². The Balaban J connectivity index is 2.16. The smallest absolute Gasteiger partial charge is 0.447 e. The molecule has 3 rings (SSSR count). The molecule has 37 heavy (non-hydrogen) atoms. The Bertz CT molecular complexity index is 1300. The number of halogens is 2. The van der Waals surface area contributed by atoms with Gasteiger partial charge in [-0.15, -0.1) is 0 Å². The van der Waals surface area contributed by atoms with Crippen molar-refractivity contribution in [1.29, 1.82) is 0 Å². The average Bonchev–Trinajstić information content (AvgIpc) is 2.84. The number of hydrogen-bond acceptors (Lipinski definition) is 8. The van der Waals surface area contributed by atoms with Gasteiger partial charge in [0.25, 0.3) is 15.9 Å². The van der Waals surface area contributed by atoms with Crippen molar-refractivity contribution in [2.45, 2.75) is 44.5 Å². The summed E-state index contributed by atoms with van der Waals surface area (Å²) in [5, 5.41) is -1.86.